The van der Waals surface area contributed by atoms with Gasteiger partial charge in [-0.2, -0.15) is 0 Å². The highest BCUT2D eigenvalue weighted by atomic mass is 19.3. The summed E-state index contributed by atoms with van der Waals surface area (Å²) >= 11 is 0. The van der Waals surface area contributed by atoms with E-state index in [1.54, 1.807) is 0 Å². The first kappa shape index (κ1) is 16.1. The number of aliphatic carboxylic acids is 1. The summed E-state index contributed by atoms with van der Waals surface area (Å²) in [5.74, 6) is -5.77. The molecule has 0 unspecified atom stereocenters. The molecule has 1 N–H and O–H groups in total. The van der Waals surface area contributed by atoms with E-state index >= 15 is 0 Å². The van der Waals surface area contributed by atoms with E-state index in [9.17, 15) is 18.0 Å². The third-order valence-electron chi connectivity index (χ3n) is 2.75. The average Bonchev–Trinajstić information content (AvgIpc) is 2.37. The maximum Gasteiger partial charge on any atom is 0.303 e. The van der Waals surface area contributed by atoms with Crippen molar-refractivity contribution >= 4 is 5.97 Å². The summed E-state index contributed by atoms with van der Waals surface area (Å²) in [4.78, 5) is 10.3. The van der Waals surface area contributed by atoms with Crippen LogP contribution in [0.4, 0.5) is 13.2 Å². The zero-order valence-electron chi connectivity index (χ0n) is 11.1. The summed E-state index contributed by atoms with van der Waals surface area (Å²) in [6.07, 6.45) is -1.41. The Morgan fingerprint density at radius 1 is 1.25 bits per heavy atom. The van der Waals surface area contributed by atoms with Gasteiger partial charge in [0.25, 0.3) is 5.92 Å². The molecule has 0 radical (unpaired) electrons. The van der Waals surface area contributed by atoms with Gasteiger partial charge in [0, 0.05) is 18.9 Å². The van der Waals surface area contributed by atoms with Crippen LogP contribution in [0, 0.1) is 5.82 Å². The molecule has 1 aromatic carbocycles. The number of hydrogen-bond donors (Lipinski definition) is 1. The molecular formula is C13H15F3O4. The Hall–Kier alpha value is -1.92. The molecule has 0 aliphatic carbocycles. The summed E-state index contributed by atoms with van der Waals surface area (Å²) in [5.41, 5.74) is -0.833. The van der Waals surface area contributed by atoms with Crippen molar-refractivity contribution < 1.29 is 32.5 Å². The molecule has 1 rings (SSSR count). The van der Waals surface area contributed by atoms with Crippen molar-refractivity contribution in [1.82, 2.24) is 0 Å². The summed E-state index contributed by atoms with van der Waals surface area (Å²) in [5, 5.41) is 8.43. The normalized spacial score (nSPS) is 11.2. The lowest BCUT2D eigenvalue weighted by molar-refractivity contribution is -0.137. The molecule has 0 aliphatic rings. The zero-order valence-corrected chi connectivity index (χ0v) is 11.1. The molecule has 0 amide bonds. The predicted molar refractivity (Wildman–Crippen MR) is 64.9 cm³/mol. The quantitative estimate of drug-likeness (QED) is 0.838. The van der Waals surface area contributed by atoms with Gasteiger partial charge in [0.05, 0.1) is 19.8 Å². The van der Waals surface area contributed by atoms with Crippen LogP contribution >= 0.6 is 0 Å². The van der Waals surface area contributed by atoms with E-state index in [1.165, 1.54) is 14.2 Å². The van der Waals surface area contributed by atoms with Gasteiger partial charge in [-0.05, 0) is 12.5 Å². The van der Waals surface area contributed by atoms with Crippen LogP contribution in [0.1, 0.15) is 24.8 Å². The van der Waals surface area contributed by atoms with Crippen molar-refractivity contribution in [1.29, 1.82) is 0 Å². The van der Waals surface area contributed by atoms with Gasteiger partial charge in [0.2, 0.25) is 0 Å². The monoisotopic (exact) mass is 292 g/mol. The minimum atomic E-state index is -3.47. The van der Waals surface area contributed by atoms with Gasteiger partial charge in [-0.25, -0.2) is 13.2 Å². The number of hydrogen-bond acceptors (Lipinski definition) is 3. The number of carboxylic acids is 1. The molecular weight excluding hydrogens is 277 g/mol. The van der Waals surface area contributed by atoms with Crippen LogP contribution in [-0.4, -0.2) is 25.3 Å². The highest BCUT2D eigenvalue weighted by molar-refractivity contribution is 5.66. The predicted octanol–water partition coefficient (Wildman–Crippen LogP) is 3.19. The standard InChI is InChI=1S/C13H15F3O4/c1-19-10-6-8(9(14)7-11(10)20-2)13(15,16)5-3-4-12(17)18/h6-7H,3-5H2,1-2H3,(H,17,18). The Balaban J connectivity index is 3.01. The Bertz CT molecular complexity index is 489. The Labute approximate surface area is 114 Å². The largest absolute Gasteiger partial charge is 0.493 e. The van der Waals surface area contributed by atoms with Crippen LogP contribution in [0.5, 0.6) is 11.5 Å². The average molecular weight is 292 g/mol. The van der Waals surface area contributed by atoms with Crippen molar-refractivity contribution in [3.05, 3.63) is 23.5 Å². The molecule has 0 aliphatic heterocycles. The summed E-state index contributed by atoms with van der Waals surface area (Å²) in [7, 11) is 2.52. The van der Waals surface area contributed by atoms with Crippen LogP contribution in [-0.2, 0) is 10.7 Å². The minimum Gasteiger partial charge on any atom is -0.493 e. The third-order valence-corrected chi connectivity index (χ3v) is 2.75. The molecule has 0 saturated carbocycles. The number of alkyl halides is 2. The molecule has 0 bridgehead atoms. The van der Waals surface area contributed by atoms with Crippen LogP contribution in [0.3, 0.4) is 0 Å². The maximum atomic E-state index is 13.9. The summed E-state index contributed by atoms with van der Waals surface area (Å²) in [6, 6.07) is 1.69. The number of ether oxygens (including phenoxy) is 2. The molecule has 0 saturated heterocycles. The topological polar surface area (TPSA) is 55.8 Å². The molecule has 0 heterocycles. The van der Waals surface area contributed by atoms with Crippen LogP contribution < -0.4 is 9.47 Å². The Kier molecular flexibility index (Phi) is 5.24. The molecule has 7 heteroatoms. The molecule has 0 spiro atoms. The van der Waals surface area contributed by atoms with Gasteiger partial charge in [-0.15, -0.1) is 0 Å². The molecule has 0 aromatic heterocycles. The second-order valence-corrected chi connectivity index (χ2v) is 4.14. The third kappa shape index (κ3) is 3.79. The van der Waals surface area contributed by atoms with Crippen molar-refractivity contribution in [2.24, 2.45) is 0 Å². The van der Waals surface area contributed by atoms with Gasteiger partial charge in [-0.1, -0.05) is 0 Å². The smallest absolute Gasteiger partial charge is 0.303 e. The lowest BCUT2D eigenvalue weighted by Gasteiger charge is -2.19. The van der Waals surface area contributed by atoms with Gasteiger partial charge < -0.3 is 14.6 Å². The zero-order chi connectivity index (χ0) is 15.3. The van der Waals surface area contributed by atoms with Gasteiger partial charge >= 0.3 is 5.97 Å². The SMILES string of the molecule is COc1cc(F)c(C(F)(F)CCCC(=O)O)cc1OC. The number of carboxylic acid groups (broad SMARTS) is 1. The first-order chi connectivity index (χ1) is 9.31. The van der Waals surface area contributed by atoms with Crippen LogP contribution in [0.15, 0.2) is 12.1 Å². The van der Waals surface area contributed by atoms with E-state index in [2.05, 4.69) is 0 Å². The molecule has 20 heavy (non-hydrogen) atoms. The Morgan fingerprint density at radius 2 is 1.80 bits per heavy atom. The van der Waals surface area contributed by atoms with Crippen LogP contribution in [0.2, 0.25) is 0 Å². The van der Waals surface area contributed by atoms with Gasteiger partial charge in [-0.3, -0.25) is 4.79 Å². The highest BCUT2D eigenvalue weighted by Gasteiger charge is 2.35. The molecule has 112 valence electrons. The fourth-order valence-electron chi connectivity index (χ4n) is 1.73. The lowest BCUT2D eigenvalue weighted by atomic mass is 10.0. The van der Waals surface area contributed by atoms with Crippen molar-refractivity contribution in [3.63, 3.8) is 0 Å². The molecule has 1 aromatic rings. The fourth-order valence-corrected chi connectivity index (χ4v) is 1.73. The van der Waals surface area contributed by atoms with Crippen molar-refractivity contribution in [2.45, 2.75) is 25.2 Å². The molecule has 4 nitrogen and oxygen atoms in total. The van der Waals surface area contributed by atoms with E-state index in [4.69, 9.17) is 14.6 Å². The van der Waals surface area contributed by atoms with E-state index in [0.717, 1.165) is 12.1 Å². The lowest BCUT2D eigenvalue weighted by Crippen LogP contribution is -2.16. The second kappa shape index (κ2) is 6.49. The second-order valence-electron chi connectivity index (χ2n) is 4.14. The first-order valence-electron chi connectivity index (χ1n) is 5.83. The fraction of sp³-hybridized carbons (Fsp3) is 0.462. The van der Waals surface area contributed by atoms with E-state index < -0.39 is 36.1 Å². The van der Waals surface area contributed by atoms with E-state index in [1.807, 2.05) is 0 Å². The first-order valence-corrected chi connectivity index (χ1v) is 5.83. The number of rotatable bonds is 7. The number of benzene rings is 1. The highest BCUT2D eigenvalue weighted by Crippen LogP contribution is 2.40. The molecule has 0 fully saturated rings. The van der Waals surface area contributed by atoms with Crippen LogP contribution in [0.25, 0.3) is 0 Å². The summed E-state index contributed by atoms with van der Waals surface area (Å²) in [6.45, 7) is 0. The van der Waals surface area contributed by atoms with E-state index in [-0.39, 0.29) is 17.9 Å². The van der Waals surface area contributed by atoms with Gasteiger partial charge in [0.1, 0.15) is 5.82 Å². The van der Waals surface area contributed by atoms with E-state index in [0.29, 0.717) is 0 Å². The number of halogens is 3. The van der Waals surface area contributed by atoms with Gasteiger partial charge in [0.15, 0.2) is 11.5 Å². The molecule has 0 atom stereocenters. The Morgan fingerprint density at radius 3 is 2.30 bits per heavy atom. The van der Waals surface area contributed by atoms with Crippen molar-refractivity contribution in [3.8, 4) is 11.5 Å². The summed E-state index contributed by atoms with van der Waals surface area (Å²) < 4.78 is 51.1. The maximum absolute atomic E-state index is 13.9. The van der Waals surface area contributed by atoms with Crippen molar-refractivity contribution in [2.75, 3.05) is 14.2 Å². The number of carbonyl (C=O) groups is 1. The number of methoxy groups -OCH3 is 2. The minimum absolute atomic E-state index is 0.00934.